The van der Waals surface area contributed by atoms with Gasteiger partial charge in [0.1, 0.15) is 0 Å². The van der Waals surface area contributed by atoms with Gasteiger partial charge in [0.15, 0.2) is 0 Å². The minimum absolute atomic E-state index is 0.0916. The largest absolute Gasteiger partial charge is 0.334 e. The fourth-order valence-corrected chi connectivity index (χ4v) is 3.03. The van der Waals surface area contributed by atoms with E-state index in [-0.39, 0.29) is 11.3 Å². The summed E-state index contributed by atoms with van der Waals surface area (Å²) in [6.07, 6.45) is 8.11. The van der Waals surface area contributed by atoms with Crippen LogP contribution in [0.25, 0.3) is 0 Å². The van der Waals surface area contributed by atoms with Crippen molar-refractivity contribution in [1.29, 1.82) is 0 Å². The zero-order valence-corrected chi connectivity index (χ0v) is 11.9. The van der Waals surface area contributed by atoms with Crippen LogP contribution < -0.4 is 5.73 Å². The molecule has 1 aromatic heterocycles. The number of hydrogen-bond acceptors (Lipinski definition) is 3. The highest BCUT2D eigenvalue weighted by Gasteiger charge is 2.41. The molecule has 1 amide bonds. The Bertz CT molecular complexity index is 460. The Balaban J connectivity index is 1.66. The van der Waals surface area contributed by atoms with Crippen molar-refractivity contribution in [1.82, 2.24) is 9.88 Å². The van der Waals surface area contributed by atoms with Crippen LogP contribution in [-0.2, 0) is 11.3 Å². The van der Waals surface area contributed by atoms with E-state index in [0.717, 1.165) is 31.4 Å². The van der Waals surface area contributed by atoms with Gasteiger partial charge in [0.2, 0.25) is 5.91 Å². The molecule has 0 spiro atoms. The molecule has 1 heterocycles. The highest BCUT2D eigenvalue weighted by atomic mass is 16.2. The van der Waals surface area contributed by atoms with Gasteiger partial charge in [0, 0.05) is 18.7 Å². The molecular weight excluding hydrogens is 250 g/mol. The van der Waals surface area contributed by atoms with Gasteiger partial charge in [-0.05, 0) is 49.8 Å². The zero-order valence-electron chi connectivity index (χ0n) is 11.9. The molecule has 0 aromatic carbocycles. The minimum atomic E-state index is 0.0916. The van der Waals surface area contributed by atoms with Gasteiger partial charge in [-0.15, -0.1) is 0 Å². The molecular formula is C16H23N3O. The summed E-state index contributed by atoms with van der Waals surface area (Å²) in [5.41, 5.74) is 6.95. The topological polar surface area (TPSA) is 59.2 Å². The third kappa shape index (κ3) is 2.85. The summed E-state index contributed by atoms with van der Waals surface area (Å²) in [6.45, 7) is 1.28. The lowest BCUT2D eigenvalue weighted by molar-refractivity contribution is -0.136. The standard InChI is InChI=1S/C16H23N3O/c17-12-16(7-3-8-16)10-15(20)19(14-5-6-14)11-13-4-1-2-9-18-13/h1-2,4,9,14H,3,5-8,10-12,17H2. The van der Waals surface area contributed by atoms with Crippen LogP contribution in [0.3, 0.4) is 0 Å². The van der Waals surface area contributed by atoms with Gasteiger partial charge in [-0.25, -0.2) is 0 Å². The highest BCUT2D eigenvalue weighted by molar-refractivity contribution is 5.77. The number of hydrogen-bond donors (Lipinski definition) is 1. The second kappa shape index (κ2) is 5.52. The Morgan fingerprint density at radius 3 is 2.70 bits per heavy atom. The van der Waals surface area contributed by atoms with E-state index in [1.807, 2.05) is 23.1 Å². The first-order valence-electron chi connectivity index (χ1n) is 7.62. The zero-order chi connectivity index (χ0) is 14.0. The summed E-state index contributed by atoms with van der Waals surface area (Å²) in [7, 11) is 0. The van der Waals surface area contributed by atoms with E-state index in [1.54, 1.807) is 6.20 Å². The van der Waals surface area contributed by atoms with Crippen LogP contribution >= 0.6 is 0 Å². The molecule has 20 heavy (non-hydrogen) atoms. The summed E-state index contributed by atoms with van der Waals surface area (Å²) in [5, 5.41) is 0. The van der Waals surface area contributed by atoms with Crippen LogP contribution in [-0.4, -0.2) is 28.4 Å². The van der Waals surface area contributed by atoms with Crippen molar-refractivity contribution in [2.24, 2.45) is 11.1 Å². The summed E-state index contributed by atoms with van der Waals surface area (Å²) in [6, 6.07) is 6.31. The van der Waals surface area contributed by atoms with Gasteiger partial charge >= 0.3 is 0 Å². The van der Waals surface area contributed by atoms with Crippen LogP contribution in [0.5, 0.6) is 0 Å². The van der Waals surface area contributed by atoms with Gasteiger partial charge in [0.25, 0.3) is 0 Å². The maximum absolute atomic E-state index is 12.6. The third-order valence-electron chi connectivity index (χ3n) is 4.74. The second-order valence-corrected chi connectivity index (χ2v) is 6.31. The Labute approximate surface area is 120 Å². The van der Waals surface area contributed by atoms with E-state index in [4.69, 9.17) is 5.73 Å². The molecule has 2 saturated carbocycles. The number of nitrogens with zero attached hydrogens (tertiary/aromatic N) is 2. The maximum Gasteiger partial charge on any atom is 0.223 e. The fraction of sp³-hybridized carbons (Fsp3) is 0.625. The van der Waals surface area contributed by atoms with Crippen molar-refractivity contribution in [2.45, 2.75) is 51.1 Å². The Hall–Kier alpha value is -1.42. The number of aromatic nitrogens is 1. The summed E-state index contributed by atoms with van der Waals surface area (Å²) >= 11 is 0. The first kappa shape index (κ1) is 13.6. The molecule has 108 valence electrons. The molecule has 2 aliphatic rings. The Kier molecular flexibility index (Phi) is 3.74. The van der Waals surface area contributed by atoms with Gasteiger partial charge in [-0.2, -0.15) is 0 Å². The van der Waals surface area contributed by atoms with Crippen LogP contribution in [0.1, 0.15) is 44.2 Å². The molecule has 2 aliphatic carbocycles. The number of carbonyl (C=O) groups excluding carboxylic acids is 1. The number of rotatable bonds is 6. The molecule has 2 N–H and O–H groups in total. The average molecular weight is 273 g/mol. The van der Waals surface area contributed by atoms with E-state index < -0.39 is 0 Å². The molecule has 1 aromatic rings. The van der Waals surface area contributed by atoms with E-state index in [2.05, 4.69) is 4.98 Å². The molecule has 2 fully saturated rings. The average Bonchev–Trinajstić information content (AvgIpc) is 3.25. The molecule has 4 nitrogen and oxygen atoms in total. The van der Waals surface area contributed by atoms with Gasteiger partial charge in [-0.3, -0.25) is 9.78 Å². The smallest absolute Gasteiger partial charge is 0.223 e. The third-order valence-corrected chi connectivity index (χ3v) is 4.74. The maximum atomic E-state index is 12.6. The van der Waals surface area contributed by atoms with Crippen molar-refractivity contribution in [3.05, 3.63) is 30.1 Å². The molecule has 0 atom stereocenters. The molecule has 0 bridgehead atoms. The van der Waals surface area contributed by atoms with Crippen LogP contribution in [0.4, 0.5) is 0 Å². The second-order valence-electron chi connectivity index (χ2n) is 6.31. The fourth-order valence-electron chi connectivity index (χ4n) is 3.03. The van der Waals surface area contributed by atoms with Crippen LogP contribution in [0.2, 0.25) is 0 Å². The van der Waals surface area contributed by atoms with Crippen molar-refractivity contribution in [3.63, 3.8) is 0 Å². The predicted octanol–water partition coefficient (Wildman–Crippen LogP) is 2.09. The number of nitrogens with two attached hydrogens (primary N) is 1. The number of pyridine rings is 1. The molecule has 0 saturated heterocycles. The van der Waals surface area contributed by atoms with Crippen LogP contribution in [0, 0.1) is 5.41 Å². The first-order valence-corrected chi connectivity index (χ1v) is 7.62. The molecule has 0 radical (unpaired) electrons. The molecule has 0 aliphatic heterocycles. The van der Waals surface area contributed by atoms with Crippen molar-refractivity contribution in [2.75, 3.05) is 6.54 Å². The Morgan fingerprint density at radius 1 is 1.40 bits per heavy atom. The monoisotopic (exact) mass is 273 g/mol. The number of carbonyl (C=O) groups is 1. The molecule has 4 heteroatoms. The molecule has 0 unspecified atom stereocenters. The van der Waals surface area contributed by atoms with Gasteiger partial charge in [-0.1, -0.05) is 12.5 Å². The van der Waals surface area contributed by atoms with Gasteiger partial charge < -0.3 is 10.6 Å². The van der Waals surface area contributed by atoms with E-state index >= 15 is 0 Å². The quantitative estimate of drug-likeness (QED) is 0.863. The van der Waals surface area contributed by atoms with Crippen LogP contribution in [0.15, 0.2) is 24.4 Å². The first-order chi connectivity index (χ1) is 9.72. The lowest BCUT2D eigenvalue weighted by atomic mass is 9.66. The van der Waals surface area contributed by atoms with Crippen molar-refractivity contribution < 1.29 is 4.79 Å². The van der Waals surface area contributed by atoms with E-state index in [0.29, 0.717) is 25.6 Å². The lowest BCUT2D eigenvalue weighted by Gasteiger charge is -2.41. The van der Waals surface area contributed by atoms with E-state index in [1.165, 1.54) is 6.42 Å². The Morgan fingerprint density at radius 2 is 2.20 bits per heavy atom. The summed E-state index contributed by atoms with van der Waals surface area (Å²) < 4.78 is 0. The van der Waals surface area contributed by atoms with E-state index in [9.17, 15) is 4.79 Å². The van der Waals surface area contributed by atoms with Crippen molar-refractivity contribution in [3.8, 4) is 0 Å². The summed E-state index contributed by atoms with van der Waals surface area (Å²) in [5.74, 6) is 0.267. The highest BCUT2D eigenvalue weighted by Crippen LogP contribution is 2.44. The SMILES string of the molecule is NCC1(CC(=O)N(Cc2ccccn2)C2CC2)CCC1. The summed E-state index contributed by atoms with van der Waals surface area (Å²) in [4.78, 5) is 19.0. The number of amides is 1. The van der Waals surface area contributed by atoms with Gasteiger partial charge in [0.05, 0.1) is 12.2 Å². The molecule has 3 rings (SSSR count). The van der Waals surface area contributed by atoms with Crippen molar-refractivity contribution >= 4 is 5.91 Å². The normalized spacial score (nSPS) is 20.2. The predicted molar refractivity (Wildman–Crippen MR) is 77.8 cm³/mol. The minimum Gasteiger partial charge on any atom is -0.334 e. The lowest BCUT2D eigenvalue weighted by Crippen LogP contribution is -2.43.